The Morgan fingerprint density at radius 1 is 0.889 bits per heavy atom. The van der Waals surface area contributed by atoms with E-state index < -0.39 is 5.91 Å². The van der Waals surface area contributed by atoms with E-state index in [1.165, 1.54) is 38.5 Å². The average Bonchev–Trinajstić information content (AvgIpc) is 3.66. The summed E-state index contributed by atoms with van der Waals surface area (Å²) in [4.78, 5) is 26.2. The summed E-state index contributed by atoms with van der Waals surface area (Å²) in [6, 6.07) is 14.3. The van der Waals surface area contributed by atoms with Gasteiger partial charge < -0.3 is 16.4 Å². The predicted molar refractivity (Wildman–Crippen MR) is 142 cm³/mol. The number of amides is 1. The molecule has 1 aromatic carbocycles. The molecule has 0 spiro atoms. The Morgan fingerprint density at radius 2 is 1.58 bits per heavy atom. The molecule has 0 bridgehead atoms. The van der Waals surface area contributed by atoms with E-state index in [1.807, 2.05) is 30.5 Å². The number of aromatic nitrogens is 4. The highest BCUT2D eigenvalue weighted by molar-refractivity contribution is 5.93. The molecule has 36 heavy (non-hydrogen) atoms. The fraction of sp³-hybridized carbons (Fsp3) is 0.357. The third-order valence-corrected chi connectivity index (χ3v) is 7.39. The fourth-order valence-electron chi connectivity index (χ4n) is 5.52. The zero-order valence-electron chi connectivity index (χ0n) is 20.3. The van der Waals surface area contributed by atoms with Gasteiger partial charge in [0.15, 0.2) is 5.65 Å². The summed E-state index contributed by atoms with van der Waals surface area (Å²) in [5.74, 6) is 0.197. The summed E-state index contributed by atoms with van der Waals surface area (Å²) in [5.41, 5.74) is 11.2. The van der Waals surface area contributed by atoms with Crippen LogP contribution < -0.4 is 16.4 Å². The predicted octanol–water partition coefficient (Wildman–Crippen LogP) is 5.27. The van der Waals surface area contributed by atoms with Gasteiger partial charge in [-0.05, 0) is 56.0 Å². The van der Waals surface area contributed by atoms with Gasteiger partial charge in [-0.25, -0.2) is 15.0 Å². The summed E-state index contributed by atoms with van der Waals surface area (Å²) < 4.78 is 2.11. The quantitative estimate of drug-likeness (QED) is 0.332. The Balaban J connectivity index is 1.47. The maximum Gasteiger partial charge on any atom is 0.248 e. The molecule has 2 fully saturated rings. The molecule has 6 rings (SSSR count). The monoisotopic (exact) mass is 481 g/mol. The number of imidazole rings is 1. The summed E-state index contributed by atoms with van der Waals surface area (Å²) in [7, 11) is 0. The van der Waals surface area contributed by atoms with E-state index in [0.717, 1.165) is 46.8 Å². The number of primary amides is 1. The number of anilines is 2. The maximum atomic E-state index is 11.6. The van der Waals surface area contributed by atoms with Gasteiger partial charge in [0.2, 0.25) is 11.9 Å². The smallest absolute Gasteiger partial charge is 0.248 e. The number of benzene rings is 1. The van der Waals surface area contributed by atoms with Crippen molar-refractivity contribution in [1.82, 2.24) is 19.4 Å². The van der Waals surface area contributed by atoms with E-state index in [1.54, 1.807) is 18.3 Å². The van der Waals surface area contributed by atoms with Gasteiger partial charge in [0.1, 0.15) is 0 Å². The molecule has 0 aliphatic heterocycles. The van der Waals surface area contributed by atoms with Crippen LogP contribution in [0.1, 0.15) is 61.7 Å². The molecule has 0 saturated heterocycles. The van der Waals surface area contributed by atoms with E-state index >= 15 is 0 Å². The normalized spacial score (nSPS) is 16.6. The number of fused-ring (bicyclic) bond motifs is 1. The van der Waals surface area contributed by atoms with Gasteiger partial charge in [-0.3, -0.25) is 9.20 Å². The van der Waals surface area contributed by atoms with Crippen LogP contribution in [0.4, 0.5) is 11.6 Å². The van der Waals surface area contributed by atoms with Crippen LogP contribution in [0.5, 0.6) is 0 Å². The van der Waals surface area contributed by atoms with Crippen LogP contribution in [0, 0.1) is 0 Å². The molecule has 2 aliphatic rings. The van der Waals surface area contributed by atoms with E-state index in [4.69, 9.17) is 15.7 Å². The second kappa shape index (κ2) is 9.60. The lowest BCUT2D eigenvalue weighted by Crippen LogP contribution is -2.16. The highest BCUT2D eigenvalue weighted by Crippen LogP contribution is 2.35. The van der Waals surface area contributed by atoms with Gasteiger partial charge in [0, 0.05) is 35.6 Å². The lowest BCUT2D eigenvalue weighted by molar-refractivity contribution is 0.100. The van der Waals surface area contributed by atoms with Gasteiger partial charge in [-0.15, -0.1) is 0 Å². The molecule has 0 radical (unpaired) electrons. The van der Waals surface area contributed by atoms with Crippen molar-refractivity contribution in [2.45, 2.75) is 63.5 Å². The van der Waals surface area contributed by atoms with Crippen molar-refractivity contribution in [3.05, 3.63) is 60.4 Å². The number of nitrogens with zero attached hydrogens (tertiary/aromatic N) is 4. The SMILES string of the molecule is NC(=O)c1ccc(-c2nc3c(NC4CCCC4)cccn3c2-c2ccnc(NC3CCCC3)n2)cc1. The van der Waals surface area contributed by atoms with Crippen LogP contribution in [0.25, 0.3) is 28.3 Å². The first-order valence-corrected chi connectivity index (χ1v) is 12.9. The number of carbonyl (C=O) groups is 1. The maximum absolute atomic E-state index is 11.6. The molecular weight excluding hydrogens is 450 g/mol. The van der Waals surface area contributed by atoms with Crippen molar-refractivity contribution >= 4 is 23.2 Å². The molecule has 4 aromatic rings. The number of nitrogens with two attached hydrogens (primary N) is 1. The van der Waals surface area contributed by atoms with E-state index in [9.17, 15) is 4.79 Å². The number of pyridine rings is 1. The second-order valence-electron chi connectivity index (χ2n) is 9.88. The Morgan fingerprint density at radius 3 is 2.28 bits per heavy atom. The van der Waals surface area contributed by atoms with Crippen molar-refractivity contribution in [1.29, 1.82) is 0 Å². The number of hydrogen-bond donors (Lipinski definition) is 3. The molecule has 8 nitrogen and oxygen atoms in total. The van der Waals surface area contributed by atoms with Crippen LogP contribution >= 0.6 is 0 Å². The van der Waals surface area contributed by atoms with Crippen molar-refractivity contribution < 1.29 is 4.79 Å². The molecule has 0 atom stereocenters. The molecule has 184 valence electrons. The first kappa shape index (κ1) is 22.5. The summed E-state index contributed by atoms with van der Waals surface area (Å²) in [6.07, 6.45) is 13.5. The van der Waals surface area contributed by atoms with Crippen LogP contribution in [-0.4, -0.2) is 37.3 Å². The second-order valence-corrected chi connectivity index (χ2v) is 9.88. The van der Waals surface area contributed by atoms with Crippen LogP contribution in [-0.2, 0) is 0 Å². The lowest BCUT2D eigenvalue weighted by atomic mass is 10.1. The first-order chi connectivity index (χ1) is 17.7. The number of nitrogens with one attached hydrogen (secondary N) is 2. The minimum Gasteiger partial charge on any atom is -0.379 e. The third kappa shape index (κ3) is 4.39. The van der Waals surface area contributed by atoms with E-state index in [2.05, 4.69) is 26.1 Å². The number of carbonyl (C=O) groups excluding carboxylic acids is 1. The summed E-state index contributed by atoms with van der Waals surface area (Å²) >= 11 is 0. The number of hydrogen-bond acceptors (Lipinski definition) is 6. The topological polar surface area (TPSA) is 110 Å². The molecular formula is C28H31N7O. The first-order valence-electron chi connectivity index (χ1n) is 12.9. The minimum atomic E-state index is -0.446. The Labute approximate surface area is 210 Å². The minimum absolute atomic E-state index is 0.422. The van der Waals surface area contributed by atoms with Gasteiger partial charge in [-0.1, -0.05) is 37.8 Å². The lowest BCUT2D eigenvalue weighted by Gasteiger charge is -2.14. The number of rotatable bonds is 7. The van der Waals surface area contributed by atoms with E-state index in [-0.39, 0.29) is 0 Å². The molecule has 3 aromatic heterocycles. The third-order valence-electron chi connectivity index (χ3n) is 7.39. The van der Waals surface area contributed by atoms with Crippen molar-refractivity contribution in [3.8, 4) is 22.6 Å². The average molecular weight is 482 g/mol. The molecule has 3 heterocycles. The molecule has 1 amide bonds. The Kier molecular flexibility index (Phi) is 6.01. The molecule has 0 unspecified atom stereocenters. The van der Waals surface area contributed by atoms with Crippen molar-refractivity contribution in [2.24, 2.45) is 5.73 Å². The Bertz CT molecular complexity index is 1380. The van der Waals surface area contributed by atoms with Crippen LogP contribution in [0.15, 0.2) is 54.9 Å². The van der Waals surface area contributed by atoms with Crippen molar-refractivity contribution in [3.63, 3.8) is 0 Å². The molecule has 2 saturated carbocycles. The van der Waals surface area contributed by atoms with Crippen molar-refractivity contribution in [2.75, 3.05) is 10.6 Å². The highest BCUT2D eigenvalue weighted by Gasteiger charge is 2.22. The van der Waals surface area contributed by atoms with Gasteiger partial charge >= 0.3 is 0 Å². The van der Waals surface area contributed by atoms with Crippen LogP contribution in [0.3, 0.4) is 0 Å². The standard InChI is InChI=1S/C28H31N7O/c29-26(36)19-13-11-18(12-14-19)24-25(22-15-16-30-28(33-22)32-21-8-3-4-9-21)35-17-5-10-23(27(35)34-24)31-20-6-1-2-7-20/h5,10-17,20-21,31H,1-4,6-9H2,(H2,29,36)(H,30,32,33). The van der Waals surface area contributed by atoms with Crippen LogP contribution in [0.2, 0.25) is 0 Å². The van der Waals surface area contributed by atoms with Gasteiger partial charge in [-0.2, -0.15) is 0 Å². The summed E-state index contributed by atoms with van der Waals surface area (Å²) in [5, 5.41) is 7.24. The van der Waals surface area contributed by atoms with Gasteiger partial charge in [0.05, 0.1) is 22.8 Å². The molecule has 8 heteroatoms. The zero-order valence-corrected chi connectivity index (χ0v) is 20.3. The largest absolute Gasteiger partial charge is 0.379 e. The zero-order chi connectivity index (χ0) is 24.5. The highest BCUT2D eigenvalue weighted by atomic mass is 16.1. The molecule has 4 N–H and O–H groups in total. The Hall–Kier alpha value is -3.94. The summed E-state index contributed by atoms with van der Waals surface area (Å²) in [6.45, 7) is 0. The molecule has 2 aliphatic carbocycles. The van der Waals surface area contributed by atoms with Gasteiger partial charge in [0.25, 0.3) is 0 Å². The van der Waals surface area contributed by atoms with E-state index in [0.29, 0.717) is 23.6 Å². The fourth-order valence-corrected chi connectivity index (χ4v) is 5.52.